The van der Waals surface area contributed by atoms with Crippen molar-refractivity contribution in [2.45, 2.75) is 65.3 Å². The monoisotopic (exact) mass is 511 g/mol. The van der Waals surface area contributed by atoms with E-state index < -0.39 is 59.4 Å². The predicted octanol–water partition coefficient (Wildman–Crippen LogP) is 1.20. The van der Waals surface area contributed by atoms with Gasteiger partial charge in [-0.25, -0.2) is 4.79 Å². The normalized spacial score (nSPS) is 23.9. The van der Waals surface area contributed by atoms with Crippen LogP contribution in [0.25, 0.3) is 10.3 Å². The SMILES string of the molecule is CC(=O)NC1C(Oc2ccc3oc(=O)sc3c2C)OC(COC(C)=O)C(OC(C)=O)C1OC(C)=O. The fraction of sp³-hybridized carbons (Fsp3) is 0.500. The lowest BCUT2D eigenvalue weighted by Crippen LogP contribution is -2.67. The van der Waals surface area contributed by atoms with Crippen LogP contribution in [0.1, 0.15) is 33.3 Å². The van der Waals surface area contributed by atoms with Crippen molar-refractivity contribution in [3.05, 3.63) is 27.4 Å². The molecule has 0 saturated carbocycles. The molecular formula is C22H25NO11S. The molecule has 1 aliphatic heterocycles. The number of hydrogen-bond acceptors (Lipinski definition) is 12. The zero-order chi connectivity index (χ0) is 25.9. The second-order valence-corrected chi connectivity index (χ2v) is 8.75. The molecule has 1 saturated heterocycles. The third kappa shape index (κ3) is 6.36. The lowest BCUT2D eigenvalue weighted by atomic mass is 9.96. The van der Waals surface area contributed by atoms with E-state index in [0.29, 0.717) is 21.6 Å². The molecule has 35 heavy (non-hydrogen) atoms. The summed E-state index contributed by atoms with van der Waals surface area (Å²) in [6.45, 7) is 6.10. The van der Waals surface area contributed by atoms with E-state index in [1.165, 1.54) is 13.8 Å². The van der Waals surface area contributed by atoms with E-state index in [0.717, 1.165) is 25.2 Å². The number of carbonyl (C=O) groups excluding carboxylic acids is 4. The highest BCUT2D eigenvalue weighted by Crippen LogP contribution is 2.33. The first kappa shape index (κ1) is 26.2. The summed E-state index contributed by atoms with van der Waals surface area (Å²) in [6.07, 6.45) is -4.84. The third-order valence-corrected chi connectivity index (χ3v) is 5.97. The van der Waals surface area contributed by atoms with Gasteiger partial charge >= 0.3 is 22.8 Å². The number of esters is 3. The van der Waals surface area contributed by atoms with Crippen molar-refractivity contribution < 1.29 is 47.3 Å². The molecule has 0 bridgehead atoms. The quantitative estimate of drug-likeness (QED) is 0.421. The number of nitrogens with one attached hydrogen (secondary N) is 1. The number of ether oxygens (including phenoxy) is 5. The summed E-state index contributed by atoms with van der Waals surface area (Å²) in [5.41, 5.74) is 0.958. The minimum Gasteiger partial charge on any atom is -0.463 e. The van der Waals surface area contributed by atoms with Crippen LogP contribution >= 0.6 is 11.3 Å². The van der Waals surface area contributed by atoms with Gasteiger partial charge in [0.1, 0.15) is 30.1 Å². The Labute approximate surface area is 203 Å². The molecular weight excluding hydrogens is 486 g/mol. The van der Waals surface area contributed by atoms with Crippen LogP contribution in [0.2, 0.25) is 0 Å². The summed E-state index contributed by atoms with van der Waals surface area (Å²) in [5.74, 6) is -2.23. The van der Waals surface area contributed by atoms with Crippen LogP contribution in [0.5, 0.6) is 5.75 Å². The van der Waals surface area contributed by atoms with Crippen LogP contribution in [0.4, 0.5) is 0 Å². The molecule has 1 aliphatic rings. The molecule has 1 fully saturated rings. The Morgan fingerprint density at radius 1 is 1.00 bits per heavy atom. The highest BCUT2D eigenvalue weighted by atomic mass is 32.1. The summed E-state index contributed by atoms with van der Waals surface area (Å²) in [7, 11) is 0. The molecule has 2 aromatic rings. The van der Waals surface area contributed by atoms with E-state index >= 15 is 0 Å². The summed E-state index contributed by atoms with van der Waals surface area (Å²) >= 11 is 0.897. The van der Waals surface area contributed by atoms with Crippen molar-refractivity contribution in [3.63, 3.8) is 0 Å². The smallest absolute Gasteiger partial charge is 0.396 e. The number of amides is 1. The molecule has 1 amide bonds. The van der Waals surface area contributed by atoms with Crippen molar-refractivity contribution in [2.75, 3.05) is 6.61 Å². The Bertz CT molecular complexity index is 1190. The fourth-order valence-corrected chi connectivity index (χ4v) is 4.46. The summed E-state index contributed by atoms with van der Waals surface area (Å²) in [5, 5.41) is 2.63. The lowest BCUT2D eigenvalue weighted by Gasteiger charge is -2.44. The Kier molecular flexibility index (Phi) is 8.12. The molecule has 13 heteroatoms. The van der Waals surface area contributed by atoms with Crippen LogP contribution in [0.3, 0.4) is 0 Å². The maximum atomic E-state index is 12.0. The molecule has 1 aromatic heterocycles. The molecule has 0 spiro atoms. The first-order valence-corrected chi connectivity index (χ1v) is 11.4. The predicted molar refractivity (Wildman–Crippen MR) is 120 cm³/mol. The Balaban J connectivity index is 2.03. The van der Waals surface area contributed by atoms with E-state index in [2.05, 4.69) is 5.32 Å². The van der Waals surface area contributed by atoms with Gasteiger partial charge < -0.3 is 33.4 Å². The summed E-state index contributed by atoms with van der Waals surface area (Å²) < 4.78 is 33.6. The molecule has 3 rings (SSSR count). The van der Waals surface area contributed by atoms with Gasteiger partial charge in [0.25, 0.3) is 0 Å². The summed E-state index contributed by atoms with van der Waals surface area (Å²) in [4.78, 5) is 58.4. The molecule has 190 valence electrons. The minimum absolute atomic E-state index is 0.300. The molecule has 5 unspecified atom stereocenters. The Morgan fingerprint density at radius 3 is 2.26 bits per heavy atom. The maximum Gasteiger partial charge on any atom is 0.396 e. The number of benzene rings is 1. The highest BCUT2D eigenvalue weighted by Gasteiger charge is 2.52. The van der Waals surface area contributed by atoms with E-state index in [9.17, 15) is 24.0 Å². The van der Waals surface area contributed by atoms with Gasteiger partial charge in [-0.3, -0.25) is 19.2 Å². The lowest BCUT2D eigenvalue weighted by molar-refractivity contribution is -0.257. The Morgan fingerprint density at radius 2 is 1.66 bits per heavy atom. The average Bonchev–Trinajstić information content (AvgIpc) is 3.13. The van der Waals surface area contributed by atoms with Gasteiger partial charge in [-0.2, -0.15) is 0 Å². The van der Waals surface area contributed by atoms with E-state index in [4.69, 9.17) is 28.1 Å². The van der Waals surface area contributed by atoms with E-state index in [1.54, 1.807) is 19.1 Å². The van der Waals surface area contributed by atoms with Crippen molar-refractivity contribution in [2.24, 2.45) is 0 Å². The molecule has 1 aromatic carbocycles. The standard InChI is InChI=1S/C22H25NO11S/c1-9-14(6-7-15-20(9)35-22(28)34-15)32-21-17(23-10(2)24)19(31-13(5)27)18(30-12(4)26)16(33-21)8-29-11(3)25/h6-7,16-19,21H,8H2,1-5H3,(H,23,24). The topological polar surface area (TPSA) is 157 Å². The zero-order valence-corrected chi connectivity index (χ0v) is 20.5. The van der Waals surface area contributed by atoms with Gasteiger partial charge in [0.15, 0.2) is 12.2 Å². The molecule has 12 nitrogen and oxygen atoms in total. The third-order valence-electron chi connectivity index (χ3n) is 5.01. The van der Waals surface area contributed by atoms with Gasteiger partial charge in [0.2, 0.25) is 12.2 Å². The fourth-order valence-electron chi connectivity index (χ4n) is 3.69. The van der Waals surface area contributed by atoms with Gasteiger partial charge in [-0.05, 0) is 19.1 Å². The van der Waals surface area contributed by atoms with Crippen LogP contribution in [0, 0.1) is 6.92 Å². The first-order chi connectivity index (χ1) is 16.5. The van der Waals surface area contributed by atoms with Crippen LogP contribution < -0.4 is 15.0 Å². The highest BCUT2D eigenvalue weighted by molar-refractivity contribution is 7.16. The molecule has 0 aliphatic carbocycles. The van der Waals surface area contributed by atoms with E-state index in [1.807, 2.05) is 0 Å². The second kappa shape index (κ2) is 10.9. The number of aryl methyl sites for hydroxylation is 1. The molecule has 1 N–H and O–H groups in total. The van der Waals surface area contributed by atoms with Crippen molar-refractivity contribution in [3.8, 4) is 5.75 Å². The molecule has 2 heterocycles. The van der Waals surface area contributed by atoms with Gasteiger partial charge in [-0.15, -0.1) is 0 Å². The van der Waals surface area contributed by atoms with Gasteiger partial charge in [-0.1, -0.05) is 11.3 Å². The van der Waals surface area contributed by atoms with Crippen LogP contribution in [-0.4, -0.2) is 61.1 Å². The maximum absolute atomic E-state index is 12.0. The van der Waals surface area contributed by atoms with Gasteiger partial charge in [0.05, 0.1) is 4.70 Å². The van der Waals surface area contributed by atoms with Crippen LogP contribution in [0.15, 0.2) is 21.3 Å². The largest absolute Gasteiger partial charge is 0.463 e. The zero-order valence-electron chi connectivity index (χ0n) is 19.6. The van der Waals surface area contributed by atoms with Crippen molar-refractivity contribution >= 4 is 45.4 Å². The number of carbonyl (C=O) groups is 4. The Hall–Kier alpha value is -3.45. The first-order valence-electron chi connectivity index (χ1n) is 10.6. The number of hydrogen-bond donors (Lipinski definition) is 1. The average molecular weight is 512 g/mol. The summed E-state index contributed by atoms with van der Waals surface area (Å²) in [6, 6.07) is 1.99. The number of rotatable bonds is 7. The second-order valence-electron chi connectivity index (χ2n) is 7.81. The van der Waals surface area contributed by atoms with E-state index in [-0.39, 0.29) is 6.61 Å². The van der Waals surface area contributed by atoms with Crippen LogP contribution in [-0.2, 0) is 38.1 Å². The minimum atomic E-state index is -1.27. The molecule has 5 atom stereocenters. The van der Waals surface area contributed by atoms with Gasteiger partial charge in [0, 0.05) is 33.3 Å². The number of fused-ring (bicyclic) bond motifs is 1. The van der Waals surface area contributed by atoms with Crippen molar-refractivity contribution in [1.82, 2.24) is 5.32 Å². The van der Waals surface area contributed by atoms with Crippen molar-refractivity contribution in [1.29, 1.82) is 0 Å². The molecule has 0 radical (unpaired) electrons.